The smallest absolute Gasteiger partial charge is 0.253 e. The van der Waals surface area contributed by atoms with Crippen molar-refractivity contribution in [1.82, 2.24) is 10.3 Å². The fourth-order valence-corrected chi connectivity index (χ4v) is 3.48. The van der Waals surface area contributed by atoms with Crippen LogP contribution in [0.5, 0.6) is 0 Å². The predicted octanol–water partition coefficient (Wildman–Crippen LogP) is 3.11. The second-order valence-corrected chi connectivity index (χ2v) is 6.55. The van der Waals surface area contributed by atoms with Crippen molar-refractivity contribution in [2.45, 2.75) is 11.4 Å². The Bertz CT molecular complexity index is 714. The van der Waals surface area contributed by atoms with Crippen molar-refractivity contribution >= 4 is 22.6 Å². The number of carbonyl (C=O) groups excluding carboxylic acids is 1. The van der Waals surface area contributed by atoms with Crippen molar-refractivity contribution in [3.05, 3.63) is 64.8 Å². The molecule has 1 aliphatic rings. The van der Waals surface area contributed by atoms with Crippen LogP contribution in [0.1, 0.15) is 21.5 Å². The van der Waals surface area contributed by atoms with Crippen molar-refractivity contribution in [1.29, 1.82) is 0 Å². The summed E-state index contributed by atoms with van der Waals surface area (Å²) in [5.74, 6) is -0.214. The number of nitrogens with one attached hydrogen (secondary N) is 1. The summed E-state index contributed by atoms with van der Waals surface area (Å²) in [6.07, 6.45) is 4.80. The van der Waals surface area contributed by atoms with E-state index in [1.165, 1.54) is 11.6 Å². The molecule has 0 aliphatic carbocycles. The van der Waals surface area contributed by atoms with E-state index in [0.717, 1.165) is 11.1 Å². The zero-order chi connectivity index (χ0) is 14.9. The predicted molar refractivity (Wildman–Crippen MR) is 82.0 cm³/mol. The topological polar surface area (TPSA) is 82.5 Å². The molecule has 2 aromatic rings. The van der Waals surface area contributed by atoms with Crippen molar-refractivity contribution in [2.75, 3.05) is 0 Å². The van der Waals surface area contributed by atoms with Gasteiger partial charge in [0.1, 0.15) is 0 Å². The summed E-state index contributed by atoms with van der Waals surface area (Å²) >= 11 is 0. The van der Waals surface area contributed by atoms with Crippen LogP contribution >= 0.6 is 10.6 Å². The summed E-state index contributed by atoms with van der Waals surface area (Å²) in [5, 5.41) is 4.21. The minimum absolute atomic E-state index is 0.214. The number of rotatable bonds is 3. The molecule has 3 rings (SSSR count). The lowest BCUT2D eigenvalue weighted by Crippen LogP contribution is -2.23. The lowest BCUT2D eigenvalue weighted by atomic mass is 10.1. The van der Waals surface area contributed by atoms with Gasteiger partial charge in [0.15, 0.2) is 0 Å². The molecule has 0 saturated carbocycles. The van der Waals surface area contributed by atoms with Crippen LogP contribution in [0.15, 0.2) is 53.0 Å². The quantitative estimate of drug-likeness (QED) is 0.813. The lowest BCUT2D eigenvalue weighted by Gasteiger charge is -2.25. The lowest BCUT2D eigenvalue weighted by molar-refractivity contribution is 0.0950. The molecule has 0 spiro atoms. The number of nitrogens with zero attached hydrogens (tertiary/aromatic N) is 1. The minimum atomic E-state index is -2.82. The number of fused-ring (bicyclic) bond motifs is 1. The molecule has 0 fully saturated rings. The fraction of sp³-hybridized carbons (Fsp3) is 0.0667. The van der Waals surface area contributed by atoms with E-state index < -0.39 is 10.6 Å². The molecular weight excluding hydrogens is 288 g/mol. The number of aromatic nitrogens is 1. The fourth-order valence-electron chi connectivity index (χ4n) is 2.21. The Kier molecular flexibility index (Phi) is 3.50. The van der Waals surface area contributed by atoms with Crippen molar-refractivity contribution in [3.8, 4) is 0 Å². The highest BCUT2D eigenvalue weighted by atomic mass is 32.3. The largest absolute Gasteiger partial charge is 0.348 e. The molecule has 0 radical (unpaired) electrons. The summed E-state index contributed by atoms with van der Waals surface area (Å²) in [6, 6.07) is 8.69. The number of benzene rings is 1. The first-order chi connectivity index (χ1) is 10.1. The summed E-state index contributed by atoms with van der Waals surface area (Å²) in [6.45, 7) is 0.316. The average Bonchev–Trinajstić information content (AvgIpc) is 2.82. The van der Waals surface area contributed by atoms with Gasteiger partial charge in [-0.25, -0.2) is 0 Å². The number of amides is 1. The second-order valence-electron chi connectivity index (χ2n) is 4.65. The minimum Gasteiger partial charge on any atom is -0.348 e. The number of carbonyl (C=O) groups is 1. The average molecular weight is 302 g/mol. The first-order valence-electron chi connectivity index (χ1n) is 6.34. The van der Waals surface area contributed by atoms with E-state index in [2.05, 4.69) is 10.3 Å². The molecule has 0 saturated heterocycles. The molecule has 108 valence electrons. The molecule has 0 unspecified atom stereocenters. The van der Waals surface area contributed by atoms with E-state index in [4.69, 9.17) is 0 Å². The Morgan fingerprint density at radius 2 is 2.10 bits per heavy atom. The first kappa shape index (κ1) is 13.8. The van der Waals surface area contributed by atoms with Crippen LogP contribution in [0.3, 0.4) is 0 Å². The second kappa shape index (κ2) is 5.33. The number of pyridine rings is 1. The molecule has 6 heteroatoms. The number of hydrogen-bond donors (Lipinski definition) is 3. The Labute approximate surface area is 123 Å². The Morgan fingerprint density at radius 3 is 2.86 bits per heavy atom. The third-order valence-electron chi connectivity index (χ3n) is 3.27. The highest BCUT2D eigenvalue weighted by molar-refractivity contribution is 8.27. The van der Waals surface area contributed by atoms with Crippen LogP contribution in [0.4, 0.5) is 0 Å². The molecule has 21 heavy (non-hydrogen) atoms. The van der Waals surface area contributed by atoms with Gasteiger partial charge in [-0.15, -0.1) is 10.6 Å². The maximum atomic E-state index is 12.0. The van der Waals surface area contributed by atoms with Gasteiger partial charge in [0.2, 0.25) is 0 Å². The summed E-state index contributed by atoms with van der Waals surface area (Å²) < 4.78 is 19.8. The monoisotopic (exact) mass is 302 g/mol. The summed E-state index contributed by atoms with van der Waals surface area (Å²) in [5.41, 5.74) is 2.10. The highest BCUT2D eigenvalue weighted by Crippen LogP contribution is 2.56. The molecule has 3 N–H and O–H groups in total. The Morgan fingerprint density at radius 1 is 1.24 bits per heavy atom. The van der Waals surface area contributed by atoms with E-state index in [1.54, 1.807) is 36.5 Å². The van der Waals surface area contributed by atoms with E-state index in [0.29, 0.717) is 17.0 Å². The molecule has 5 nitrogen and oxygen atoms in total. The first-order valence-corrected chi connectivity index (χ1v) is 7.95. The van der Waals surface area contributed by atoms with Crippen LogP contribution in [0.25, 0.3) is 6.08 Å². The van der Waals surface area contributed by atoms with E-state index >= 15 is 0 Å². The molecule has 2 heterocycles. The molecule has 1 aromatic carbocycles. The zero-order valence-electron chi connectivity index (χ0n) is 11.1. The number of hydrogen-bond acceptors (Lipinski definition) is 4. The van der Waals surface area contributed by atoms with Gasteiger partial charge >= 0.3 is 0 Å². The Hall–Kier alpha value is -2.15. The third kappa shape index (κ3) is 2.69. The molecule has 0 bridgehead atoms. The van der Waals surface area contributed by atoms with Crippen LogP contribution in [-0.4, -0.2) is 20.0 Å². The van der Waals surface area contributed by atoms with Gasteiger partial charge in [-0.2, -0.15) is 0 Å². The van der Waals surface area contributed by atoms with Crippen LogP contribution in [0.2, 0.25) is 0 Å². The molecule has 1 aromatic heterocycles. The van der Waals surface area contributed by atoms with Gasteiger partial charge in [0, 0.05) is 29.9 Å². The highest BCUT2D eigenvalue weighted by Gasteiger charge is 2.23. The van der Waals surface area contributed by atoms with Crippen molar-refractivity contribution in [2.24, 2.45) is 0 Å². The molecule has 1 amide bonds. The van der Waals surface area contributed by atoms with E-state index in [-0.39, 0.29) is 5.91 Å². The van der Waals surface area contributed by atoms with Crippen molar-refractivity contribution in [3.63, 3.8) is 0 Å². The van der Waals surface area contributed by atoms with Crippen LogP contribution in [0, 0.1) is 0 Å². The molecule has 0 atom stereocenters. The summed E-state index contributed by atoms with van der Waals surface area (Å²) in [7, 11) is -2.82. The van der Waals surface area contributed by atoms with Gasteiger partial charge < -0.3 is 5.32 Å². The van der Waals surface area contributed by atoms with Gasteiger partial charge in [0.25, 0.3) is 5.91 Å². The maximum absolute atomic E-state index is 12.0. The molecular formula is C15H14N2O3S. The van der Waals surface area contributed by atoms with E-state index in [1.807, 2.05) is 6.07 Å². The maximum Gasteiger partial charge on any atom is 0.253 e. The van der Waals surface area contributed by atoms with E-state index in [9.17, 15) is 13.9 Å². The van der Waals surface area contributed by atoms with Gasteiger partial charge in [0.05, 0.1) is 10.5 Å². The molecule has 1 aliphatic heterocycles. The summed E-state index contributed by atoms with van der Waals surface area (Å²) in [4.78, 5) is 16.4. The van der Waals surface area contributed by atoms with Gasteiger partial charge in [-0.3, -0.25) is 18.9 Å². The third-order valence-corrected chi connectivity index (χ3v) is 4.79. The Balaban J connectivity index is 1.77. The standard InChI is InChI=1S/C15H14N2O3S/c18-15(12-4-2-7-16-9-12)17-10-11-3-1-5-14-13(11)6-8-21(14,19)20/h1-9,19-20H,10H2,(H,17,18). The van der Waals surface area contributed by atoms with Crippen molar-refractivity contribution < 1.29 is 13.9 Å². The van der Waals surface area contributed by atoms with Crippen LogP contribution < -0.4 is 5.32 Å². The normalized spacial score (nSPS) is 16.3. The van der Waals surface area contributed by atoms with Gasteiger partial charge in [-0.1, -0.05) is 12.1 Å². The zero-order valence-corrected chi connectivity index (χ0v) is 11.9. The van der Waals surface area contributed by atoms with Gasteiger partial charge in [-0.05, 0) is 29.8 Å². The van der Waals surface area contributed by atoms with Crippen LogP contribution in [-0.2, 0) is 6.54 Å². The SMILES string of the molecule is O=C(NCc1cccc2c1C=CS2(O)O)c1cccnc1.